The Kier molecular flexibility index (Phi) is 6.74. The number of anilines is 1. The van der Waals surface area contributed by atoms with Gasteiger partial charge in [-0.1, -0.05) is 25.4 Å². The maximum atomic E-state index is 12.2. The first-order valence-electron chi connectivity index (χ1n) is 7.60. The second kappa shape index (κ2) is 8.79. The number of benzene rings is 1. The van der Waals surface area contributed by atoms with Crippen LogP contribution in [0.25, 0.3) is 0 Å². The first kappa shape index (κ1) is 17.6. The molecule has 1 aromatic heterocycles. The minimum absolute atomic E-state index is 0.189. The lowest BCUT2D eigenvalue weighted by Gasteiger charge is -2.14. The first-order valence-corrected chi connectivity index (χ1v) is 8.79. The highest BCUT2D eigenvalue weighted by Gasteiger charge is 2.12. The van der Waals surface area contributed by atoms with Crippen LogP contribution in [0.5, 0.6) is 11.5 Å². The van der Waals surface area contributed by atoms with E-state index in [4.69, 9.17) is 21.1 Å². The molecule has 0 saturated heterocycles. The zero-order valence-corrected chi connectivity index (χ0v) is 14.8. The Bertz CT molecular complexity index is 657. The first-order chi connectivity index (χ1) is 11.1. The van der Waals surface area contributed by atoms with E-state index in [1.165, 1.54) is 11.3 Å². The number of carbonyl (C=O) groups excluding carboxylic acids is 1. The van der Waals surface area contributed by atoms with Crippen molar-refractivity contribution in [2.24, 2.45) is 0 Å². The van der Waals surface area contributed by atoms with Gasteiger partial charge >= 0.3 is 0 Å². The van der Waals surface area contributed by atoms with Crippen LogP contribution in [0.15, 0.2) is 30.3 Å². The van der Waals surface area contributed by atoms with Crippen molar-refractivity contribution in [1.82, 2.24) is 0 Å². The van der Waals surface area contributed by atoms with E-state index in [0.29, 0.717) is 39.6 Å². The lowest BCUT2D eigenvalue weighted by Crippen LogP contribution is -2.10. The molecule has 0 aliphatic heterocycles. The molecule has 1 heterocycles. The Morgan fingerprint density at radius 2 is 1.78 bits per heavy atom. The van der Waals surface area contributed by atoms with Crippen molar-refractivity contribution in [1.29, 1.82) is 0 Å². The van der Waals surface area contributed by atoms with Crippen LogP contribution in [0.2, 0.25) is 4.34 Å². The van der Waals surface area contributed by atoms with Crippen molar-refractivity contribution in [2.75, 3.05) is 18.5 Å². The molecule has 1 N–H and O–H groups in total. The van der Waals surface area contributed by atoms with E-state index >= 15 is 0 Å². The number of nitrogens with one attached hydrogen (secondary N) is 1. The molecule has 0 fully saturated rings. The van der Waals surface area contributed by atoms with Crippen molar-refractivity contribution in [3.63, 3.8) is 0 Å². The zero-order chi connectivity index (χ0) is 16.7. The molecular weight excluding hydrogens is 334 g/mol. The number of halogens is 1. The predicted octanol–water partition coefficient (Wildman–Crippen LogP) is 5.23. The number of carbonyl (C=O) groups is 1. The summed E-state index contributed by atoms with van der Waals surface area (Å²) >= 11 is 7.11. The van der Waals surface area contributed by atoms with E-state index in [1.807, 2.05) is 19.9 Å². The molecule has 0 radical (unpaired) electrons. The fourth-order valence-electron chi connectivity index (χ4n) is 1.87. The van der Waals surface area contributed by atoms with Crippen molar-refractivity contribution >= 4 is 34.5 Å². The van der Waals surface area contributed by atoms with Crippen LogP contribution in [0, 0.1) is 0 Å². The molecule has 4 nitrogen and oxygen atoms in total. The second-order valence-corrected chi connectivity index (χ2v) is 6.63. The minimum Gasteiger partial charge on any atom is -0.490 e. The van der Waals surface area contributed by atoms with Crippen molar-refractivity contribution in [3.8, 4) is 11.5 Å². The van der Waals surface area contributed by atoms with Gasteiger partial charge in [-0.3, -0.25) is 4.79 Å². The molecule has 0 spiro atoms. The third-order valence-electron chi connectivity index (χ3n) is 2.92. The molecule has 2 rings (SSSR count). The highest BCUT2D eigenvalue weighted by molar-refractivity contribution is 7.18. The third kappa shape index (κ3) is 5.15. The minimum atomic E-state index is -0.189. The van der Waals surface area contributed by atoms with Crippen LogP contribution >= 0.6 is 22.9 Å². The summed E-state index contributed by atoms with van der Waals surface area (Å²) in [7, 11) is 0. The van der Waals surface area contributed by atoms with Gasteiger partial charge in [-0.25, -0.2) is 0 Å². The number of rotatable bonds is 8. The van der Waals surface area contributed by atoms with Gasteiger partial charge in [0, 0.05) is 11.8 Å². The summed E-state index contributed by atoms with van der Waals surface area (Å²) in [5.41, 5.74) is 0.662. The maximum absolute atomic E-state index is 12.2. The quantitative estimate of drug-likeness (QED) is 0.706. The SMILES string of the molecule is CCCOc1ccc(NC(=O)c2ccc(Cl)s2)cc1OCCC. The summed E-state index contributed by atoms with van der Waals surface area (Å²) in [6.07, 6.45) is 1.82. The molecular formula is C17H20ClNO3S. The Labute approximate surface area is 145 Å². The standard InChI is InChI=1S/C17H20ClNO3S/c1-3-9-21-13-6-5-12(11-14(13)22-10-4-2)19-17(20)15-7-8-16(18)23-15/h5-8,11H,3-4,9-10H2,1-2H3,(H,19,20). The van der Waals surface area contributed by atoms with Gasteiger partial charge in [-0.15, -0.1) is 11.3 Å². The molecule has 1 amide bonds. The fourth-order valence-corrected chi connectivity index (χ4v) is 2.81. The molecule has 0 atom stereocenters. The van der Waals surface area contributed by atoms with Gasteiger partial charge < -0.3 is 14.8 Å². The van der Waals surface area contributed by atoms with Gasteiger partial charge in [0.25, 0.3) is 5.91 Å². The molecule has 6 heteroatoms. The van der Waals surface area contributed by atoms with E-state index in [-0.39, 0.29) is 5.91 Å². The average molecular weight is 354 g/mol. The van der Waals surface area contributed by atoms with Crippen molar-refractivity contribution < 1.29 is 14.3 Å². The highest BCUT2D eigenvalue weighted by atomic mass is 35.5. The third-order valence-corrected chi connectivity index (χ3v) is 4.15. The molecule has 0 aliphatic carbocycles. The van der Waals surface area contributed by atoms with Gasteiger partial charge in [-0.2, -0.15) is 0 Å². The highest BCUT2D eigenvalue weighted by Crippen LogP contribution is 2.31. The summed E-state index contributed by atoms with van der Waals surface area (Å²) < 4.78 is 12.0. The van der Waals surface area contributed by atoms with E-state index < -0.39 is 0 Å². The largest absolute Gasteiger partial charge is 0.490 e. The van der Waals surface area contributed by atoms with Gasteiger partial charge in [0.1, 0.15) is 0 Å². The number of amides is 1. The molecule has 1 aromatic carbocycles. The second-order valence-electron chi connectivity index (χ2n) is 4.92. The molecule has 124 valence electrons. The summed E-state index contributed by atoms with van der Waals surface area (Å²) in [4.78, 5) is 12.7. The number of hydrogen-bond acceptors (Lipinski definition) is 4. The average Bonchev–Trinajstić information content (AvgIpc) is 2.98. The zero-order valence-electron chi connectivity index (χ0n) is 13.2. The Balaban J connectivity index is 2.13. The normalized spacial score (nSPS) is 10.4. The number of ether oxygens (including phenoxy) is 2. The number of thiophene rings is 1. The number of hydrogen-bond donors (Lipinski definition) is 1. The van der Waals surface area contributed by atoms with Crippen LogP contribution in [0.4, 0.5) is 5.69 Å². The fraction of sp³-hybridized carbons (Fsp3) is 0.353. The van der Waals surface area contributed by atoms with Crippen LogP contribution in [0.3, 0.4) is 0 Å². The summed E-state index contributed by atoms with van der Waals surface area (Å²) in [5.74, 6) is 1.14. The van der Waals surface area contributed by atoms with Gasteiger partial charge in [-0.05, 0) is 37.1 Å². The molecule has 0 aliphatic rings. The molecule has 23 heavy (non-hydrogen) atoms. The van der Waals surface area contributed by atoms with Crippen LogP contribution in [0.1, 0.15) is 36.4 Å². The predicted molar refractivity (Wildman–Crippen MR) is 95.3 cm³/mol. The molecule has 0 bridgehead atoms. The van der Waals surface area contributed by atoms with Gasteiger partial charge in [0.2, 0.25) is 0 Å². The van der Waals surface area contributed by atoms with E-state index in [2.05, 4.69) is 5.32 Å². The van der Waals surface area contributed by atoms with Crippen LogP contribution < -0.4 is 14.8 Å². The molecule has 0 saturated carbocycles. The monoisotopic (exact) mass is 353 g/mol. The Hall–Kier alpha value is -1.72. The molecule has 0 unspecified atom stereocenters. The molecule has 2 aromatic rings. The van der Waals surface area contributed by atoms with E-state index in [0.717, 1.165) is 12.8 Å². The van der Waals surface area contributed by atoms with Crippen molar-refractivity contribution in [3.05, 3.63) is 39.5 Å². The van der Waals surface area contributed by atoms with E-state index in [9.17, 15) is 4.79 Å². The van der Waals surface area contributed by atoms with Gasteiger partial charge in [0.05, 0.1) is 22.4 Å². The van der Waals surface area contributed by atoms with Crippen molar-refractivity contribution in [2.45, 2.75) is 26.7 Å². The lowest BCUT2D eigenvalue weighted by atomic mass is 10.2. The summed E-state index contributed by atoms with van der Waals surface area (Å²) in [5, 5.41) is 2.85. The summed E-state index contributed by atoms with van der Waals surface area (Å²) in [6, 6.07) is 8.82. The van der Waals surface area contributed by atoms with Crippen LogP contribution in [-0.2, 0) is 0 Å². The summed E-state index contributed by atoms with van der Waals surface area (Å²) in [6.45, 7) is 5.31. The van der Waals surface area contributed by atoms with Crippen LogP contribution in [-0.4, -0.2) is 19.1 Å². The van der Waals surface area contributed by atoms with E-state index in [1.54, 1.807) is 24.3 Å². The Morgan fingerprint density at radius 1 is 1.09 bits per heavy atom. The maximum Gasteiger partial charge on any atom is 0.265 e. The smallest absolute Gasteiger partial charge is 0.265 e. The Morgan fingerprint density at radius 3 is 2.39 bits per heavy atom. The lowest BCUT2D eigenvalue weighted by molar-refractivity contribution is 0.103. The topological polar surface area (TPSA) is 47.6 Å². The van der Waals surface area contributed by atoms with Gasteiger partial charge in [0.15, 0.2) is 11.5 Å².